The molecule has 0 aliphatic carbocycles. The molecule has 2 aromatic heterocycles. The fraction of sp³-hybridized carbons (Fsp3) is 0.562. The molecule has 1 aliphatic heterocycles. The maximum absolute atomic E-state index is 12.4. The van der Waals surface area contributed by atoms with Crippen molar-refractivity contribution in [1.29, 1.82) is 0 Å². The highest BCUT2D eigenvalue weighted by Gasteiger charge is 2.25. The summed E-state index contributed by atoms with van der Waals surface area (Å²) in [5, 5.41) is 9.33. The summed E-state index contributed by atoms with van der Waals surface area (Å²) in [5.74, 6) is 0.0939. The number of thiophene rings is 1. The van der Waals surface area contributed by atoms with Crippen LogP contribution in [0, 0.1) is 0 Å². The summed E-state index contributed by atoms with van der Waals surface area (Å²) in [5.41, 5.74) is 0. The van der Waals surface area contributed by atoms with E-state index in [1.807, 2.05) is 23.1 Å². The maximum atomic E-state index is 12.4. The lowest BCUT2D eigenvalue weighted by atomic mass is 10.0. The average Bonchev–Trinajstić information content (AvgIpc) is 3.22. The van der Waals surface area contributed by atoms with Crippen LogP contribution in [0.4, 0.5) is 0 Å². The summed E-state index contributed by atoms with van der Waals surface area (Å²) in [7, 11) is 0. The number of hydrogen-bond acceptors (Lipinski definition) is 5. The van der Waals surface area contributed by atoms with Crippen molar-refractivity contribution in [2.75, 3.05) is 13.1 Å². The Hall–Kier alpha value is -1.73. The zero-order chi connectivity index (χ0) is 16.1. The van der Waals surface area contributed by atoms with Gasteiger partial charge in [-0.25, -0.2) is 4.98 Å². The zero-order valence-electron chi connectivity index (χ0n) is 13.4. The van der Waals surface area contributed by atoms with Gasteiger partial charge in [0.25, 0.3) is 0 Å². The quantitative estimate of drug-likeness (QED) is 0.879. The molecule has 7 heteroatoms. The lowest BCUT2D eigenvalue weighted by molar-refractivity contribution is -0.123. The van der Waals surface area contributed by atoms with Crippen LogP contribution in [0.3, 0.4) is 0 Å². The Morgan fingerprint density at radius 3 is 3.17 bits per heavy atom. The Morgan fingerprint density at radius 1 is 1.52 bits per heavy atom. The molecule has 23 heavy (non-hydrogen) atoms. The molecule has 124 valence electrons. The number of nitrogens with zero attached hydrogens (tertiary/aromatic N) is 4. The second-order valence-electron chi connectivity index (χ2n) is 6.04. The smallest absolute Gasteiger partial charge is 0.234 e. The first-order valence-electron chi connectivity index (χ1n) is 8.11. The lowest BCUT2D eigenvalue weighted by Gasteiger charge is -2.35. The van der Waals surface area contributed by atoms with Gasteiger partial charge in [-0.1, -0.05) is 12.5 Å². The predicted octanol–water partition coefficient (Wildman–Crippen LogP) is 2.07. The second kappa shape index (κ2) is 7.70. The van der Waals surface area contributed by atoms with Crippen LogP contribution in [0.5, 0.6) is 0 Å². The molecule has 1 fully saturated rings. The van der Waals surface area contributed by atoms with Crippen LogP contribution in [-0.2, 0) is 11.3 Å². The van der Waals surface area contributed by atoms with Crippen molar-refractivity contribution in [2.45, 2.75) is 44.8 Å². The molecule has 1 N–H and O–H groups in total. The first-order valence-corrected chi connectivity index (χ1v) is 8.99. The van der Waals surface area contributed by atoms with Gasteiger partial charge in [-0.05, 0) is 37.8 Å². The molecule has 1 saturated heterocycles. The van der Waals surface area contributed by atoms with E-state index in [9.17, 15) is 4.79 Å². The number of nitrogens with one attached hydrogen (secondary N) is 1. The van der Waals surface area contributed by atoms with Crippen molar-refractivity contribution < 1.29 is 4.79 Å². The third kappa shape index (κ3) is 4.39. The van der Waals surface area contributed by atoms with Crippen LogP contribution < -0.4 is 5.32 Å². The van der Waals surface area contributed by atoms with Crippen molar-refractivity contribution in [2.24, 2.45) is 0 Å². The van der Waals surface area contributed by atoms with Gasteiger partial charge in [0.15, 0.2) is 0 Å². The molecule has 0 saturated carbocycles. The lowest BCUT2D eigenvalue weighted by Crippen LogP contribution is -2.47. The van der Waals surface area contributed by atoms with Crippen LogP contribution in [0.2, 0.25) is 0 Å². The summed E-state index contributed by atoms with van der Waals surface area (Å²) >= 11 is 1.68. The van der Waals surface area contributed by atoms with Gasteiger partial charge < -0.3 is 5.32 Å². The highest BCUT2D eigenvalue weighted by atomic mass is 32.1. The van der Waals surface area contributed by atoms with E-state index < -0.39 is 0 Å². The number of carbonyl (C=O) groups excluding carboxylic acids is 1. The standard InChI is InChI=1S/C16H23N5OS/c1-13(15-6-4-8-23-15)19-16(22)10-20-7-3-2-5-14(20)9-21-12-17-11-18-21/h4,6,8,11-14H,2-3,5,7,9-10H2,1H3,(H,19,22)/t13-,14-/m1/s1. The molecule has 0 aromatic carbocycles. The SMILES string of the molecule is C[C@@H](NC(=O)CN1CCCC[C@@H]1Cn1cncn1)c1cccs1. The molecule has 0 spiro atoms. The molecule has 3 heterocycles. The Kier molecular flexibility index (Phi) is 5.40. The topological polar surface area (TPSA) is 63.1 Å². The largest absolute Gasteiger partial charge is 0.348 e. The fourth-order valence-corrected chi connectivity index (χ4v) is 3.83. The van der Waals surface area contributed by atoms with Gasteiger partial charge in [0, 0.05) is 10.9 Å². The van der Waals surface area contributed by atoms with Gasteiger partial charge in [-0.15, -0.1) is 11.3 Å². The van der Waals surface area contributed by atoms with Gasteiger partial charge >= 0.3 is 0 Å². The van der Waals surface area contributed by atoms with Crippen molar-refractivity contribution in [3.8, 4) is 0 Å². The monoisotopic (exact) mass is 333 g/mol. The van der Waals surface area contributed by atoms with E-state index in [4.69, 9.17) is 0 Å². The van der Waals surface area contributed by atoms with E-state index in [0.29, 0.717) is 12.6 Å². The summed E-state index contributed by atoms with van der Waals surface area (Å²) in [6.45, 7) is 4.26. The van der Waals surface area contributed by atoms with Crippen molar-refractivity contribution in [3.63, 3.8) is 0 Å². The summed E-state index contributed by atoms with van der Waals surface area (Å²) in [6.07, 6.45) is 6.77. The Morgan fingerprint density at radius 2 is 2.43 bits per heavy atom. The summed E-state index contributed by atoms with van der Waals surface area (Å²) in [4.78, 5) is 19.8. The van der Waals surface area contributed by atoms with E-state index in [1.54, 1.807) is 24.0 Å². The van der Waals surface area contributed by atoms with Gasteiger partial charge in [0.1, 0.15) is 12.7 Å². The van der Waals surface area contributed by atoms with E-state index in [-0.39, 0.29) is 11.9 Å². The van der Waals surface area contributed by atoms with Crippen LogP contribution in [0.1, 0.15) is 37.1 Å². The molecule has 2 aromatic rings. The highest BCUT2D eigenvalue weighted by molar-refractivity contribution is 7.10. The molecule has 1 amide bonds. The number of piperidine rings is 1. The zero-order valence-corrected chi connectivity index (χ0v) is 14.2. The van der Waals surface area contributed by atoms with Crippen LogP contribution in [0.25, 0.3) is 0 Å². The summed E-state index contributed by atoms with van der Waals surface area (Å²) in [6, 6.07) is 4.50. The Balaban J connectivity index is 1.54. The van der Waals surface area contributed by atoms with Gasteiger partial charge in [-0.3, -0.25) is 14.4 Å². The van der Waals surface area contributed by atoms with Gasteiger partial charge in [0.05, 0.1) is 19.1 Å². The second-order valence-corrected chi connectivity index (χ2v) is 7.02. The third-order valence-corrected chi connectivity index (χ3v) is 5.36. The first-order chi connectivity index (χ1) is 11.2. The molecule has 2 atom stereocenters. The molecule has 0 unspecified atom stereocenters. The average molecular weight is 333 g/mol. The molecule has 0 radical (unpaired) electrons. The third-order valence-electron chi connectivity index (χ3n) is 4.31. The number of likely N-dealkylation sites (tertiary alicyclic amines) is 1. The van der Waals surface area contributed by atoms with E-state index in [1.165, 1.54) is 11.3 Å². The predicted molar refractivity (Wildman–Crippen MR) is 90.1 cm³/mol. The molecule has 3 rings (SSSR count). The number of aromatic nitrogens is 3. The van der Waals surface area contributed by atoms with Crippen molar-refractivity contribution in [1.82, 2.24) is 25.0 Å². The van der Waals surface area contributed by atoms with E-state index in [0.717, 1.165) is 25.9 Å². The highest BCUT2D eigenvalue weighted by Crippen LogP contribution is 2.20. The number of rotatable bonds is 6. The number of carbonyl (C=O) groups is 1. The maximum Gasteiger partial charge on any atom is 0.234 e. The molecular weight excluding hydrogens is 310 g/mol. The fourth-order valence-electron chi connectivity index (χ4n) is 3.10. The molecular formula is C16H23N5OS. The Bertz CT molecular complexity index is 598. The number of hydrogen-bond donors (Lipinski definition) is 1. The Labute approximate surface area is 140 Å². The van der Waals surface area contributed by atoms with Crippen LogP contribution in [0.15, 0.2) is 30.2 Å². The normalized spacial score (nSPS) is 20.3. The number of amides is 1. The minimum absolute atomic E-state index is 0.0704. The minimum Gasteiger partial charge on any atom is -0.348 e. The minimum atomic E-state index is 0.0704. The van der Waals surface area contributed by atoms with Crippen molar-refractivity contribution in [3.05, 3.63) is 35.0 Å². The van der Waals surface area contributed by atoms with Crippen LogP contribution >= 0.6 is 11.3 Å². The van der Waals surface area contributed by atoms with Crippen LogP contribution in [-0.4, -0.2) is 44.7 Å². The first kappa shape index (κ1) is 16.1. The van der Waals surface area contributed by atoms with Gasteiger partial charge in [-0.2, -0.15) is 5.10 Å². The molecule has 6 nitrogen and oxygen atoms in total. The molecule has 0 bridgehead atoms. The molecule has 1 aliphatic rings. The van der Waals surface area contributed by atoms with E-state index >= 15 is 0 Å². The van der Waals surface area contributed by atoms with Crippen molar-refractivity contribution >= 4 is 17.2 Å². The van der Waals surface area contributed by atoms with E-state index in [2.05, 4.69) is 26.4 Å². The van der Waals surface area contributed by atoms with Gasteiger partial charge in [0.2, 0.25) is 5.91 Å². The summed E-state index contributed by atoms with van der Waals surface area (Å²) < 4.78 is 1.86.